The lowest BCUT2D eigenvalue weighted by Gasteiger charge is -2.15. The first-order valence-electron chi connectivity index (χ1n) is 5.86. The van der Waals surface area contributed by atoms with Crippen LogP contribution >= 0.6 is 11.6 Å². The molecule has 0 amide bonds. The van der Waals surface area contributed by atoms with Gasteiger partial charge in [0.15, 0.2) is 0 Å². The van der Waals surface area contributed by atoms with Crippen LogP contribution in [0.5, 0.6) is 5.75 Å². The normalized spacial score (nSPS) is 10.7. The molecular formula is C13H21ClN2O. The maximum absolute atomic E-state index is 6.15. The van der Waals surface area contributed by atoms with Gasteiger partial charge in [0.05, 0.1) is 11.6 Å². The van der Waals surface area contributed by atoms with Gasteiger partial charge in [0.1, 0.15) is 5.75 Å². The second kappa shape index (κ2) is 6.72. The van der Waals surface area contributed by atoms with Gasteiger partial charge < -0.3 is 15.0 Å². The number of likely N-dealkylation sites (N-methyl/N-ethyl adjacent to an activating group) is 1. The van der Waals surface area contributed by atoms with E-state index in [1.165, 1.54) is 0 Å². The summed E-state index contributed by atoms with van der Waals surface area (Å²) in [5, 5.41) is 4.03. The largest absolute Gasteiger partial charge is 0.492 e. The van der Waals surface area contributed by atoms with Gasteiger partial charge >= 0.3 is 0 Å². The van der Waals surface area contributed by atoms with Crippen molar-refractivity contribution in [3.63, 3.8) is 0 Å². The number of hydrogen-bond donors (Lipinski definition) is 1. The van der Waals surface area contributed by atoms with Gasteiger partial charge in [0.25, 0.3) is 0 Å². The lowest BCUT2D eigenvalue weighted by Crippen LogP contribution is -2.21. The van der Waals surface area contributed by atoms with Gasteiger partial charge in [-0.25, -0.2) is 0 Å². The van der Waals surface area contributed by atoms with Crippen molar-refractivity contribution in [2.75, 3.05) is 39.1 Å². The fraction of sp³-hybridized carbons (Fsp3) is 0.538. The van der Waals surface area contributed by atoms with E-state index in [2.05, 4.69) is 31.2 Å². The number of rotatable bonds is 6. The Morgan fingerprint density at radius 2 is 2.06 bits per heavy atom. The zero-order valence-electron chi connectivity index (χ0n) is 11.0. The molecular weight excluding hydrogens is 236 g/mol. The molecule has 0 fully saturated rings. The van der Waals surface area contributed by atoms with Crippen molar-refractivity contribution in [1.82, 2.24) is 4.90 Å². The number of halogens is 1. The number of aryl methyl sites for hydroxylation is 1. The first-order chi connectivity index (χ1) is 8.04. The van der Waals surface area contributed by atoms with E-state index in [-0.39, 0.29) is 0 Å². The van der Waals surface area contributed by atoms with Crippen LogP contribution in [-0.4, -0.2) is 38.7 Å². The maximum Gasteiger partial charge on any atom is 0.138 e. The van der Waals surface area contributed by atoms with Crippen LogP contribution in [0.2, 0.25) is 5.02 Å². The Balaban J connectivity index is 2.70. The number of nitrogens with one attached hydrogen (secondary N) is 1. The smallest absolute Gasteiger partial charge is 0.138 e. The molecule has 0 aromatic heterocycles. The molecule has 1 aromatic rings. The van der Waals surface area contributed by atoms with E-state index in [1.807, 2.05) is 19.1 Å². The molecule has 4 heteroatoms. The fourth-order valence-corrected chi connectivity index (χ4v) is 1.74. The fourth-order valence-electron chi connectivity index (χ4n) is 1.53. The van der Waals surface area contributed by atoms with Crippen LogP contribution in [0.4, 0.5) is 5.69 Å². The van der Waals surface area contributed by atoms with Crippen molar-refractivity contribution in [2.24, 2.45) is 0 Å². The molecule has 0 bridgehead atoms. The Kier molecular flexibility index (Phi) is 5.59. The molecule has 0 spiro atoms. The minimum Gasteiger partial charge on any atom is -0.492 e. The predicted octanol–water partition coefficient (Wildman–Crippen LogP) is 3.02. The lowest BCUT2D eigenvalue weighted by atomic mass is 10.2. The molecule has 0 heterocycles. The third kappa shape index (κ3) is 4.44. The number of benzene rings is 1. The average Bonchev–Trinajstić information content (AvgIpc) is 2.24. The molecule has 0 saturated heterocycles. The Bertz CT molecular complexity index is 367. The van der Waals surface area contributed by atoms with Gasteiger partial charge in [-0.3, -0.25) is 0 Å². The first-order valence-corrected chi connectivity index (χ1v) is 6.24. The Hall–Kier alpha value is -0.930. The van der Waals surface area contributed by atoms with Crippen molar-refractivity contribution in [3.05, 3.63) is 22.7 Å². The molecule has 0 unspecified atom stereocenters. The van der Waals surface area contributed by atoms with Crippen molar-refractivity contribution < 1.29 is 4.74 Å². The highest BCUT2D eigenvalue weighted by Gasteiger charge is 2.06. The monoisotopic (exact) mass is 256 g/mol. The average molecular weight is 257 g/mol. The molecule has 0 aliphatic rings. The van der Waals surface area contributed by atoms with Crippen LogP contribution in [0.15, 0.2) is 12.1 Å². The van der Waals surface area contributed by atoms with Gasteiger partial charge in [-0.2, -0.15) is 0 Å². The molecule has 0 aliphatic carbocycles. The van der Waals surface area contributed by atoms with Crippen LogP contribution in [0.1, 0.15) is 12.5 Å². The van der Waals surface area contributed by atoms with Gasteiger partial charge in [0, 0.05) is 18.8 Å². The summed E-state index contributed by atoms with van der Waals surface area (Å²) in [6, 6.07) is 3.90. The zero-order valence-corrected chi connectivity index (χ0v) is 11.8. The van der Waals surface area contributed by atoms with Gasteiger partial charge in [-0.05, 0) is 45.6 Å². The second-order valence-electron chi connectivity index (χ2n) is 4.26. The topological polar surface area (TPSA) is 24.5 Å². The third-order valence-electron chi connectivity index (χ3n) is 2.45. The molecule has 0 radical (unpaired) electrons. The molecule has 96 valence electrons. The summed E-state index contributed by atoms with van der Waals surface area (Å²) in [6.45, 7) is 6.53. The van der Waals surface area contributed by atoms with Crippen molar-refractivity contribution >= 4 is 17.3 Å². The second-order valence-corrected chi connectivity index (χ2v) is 4.67. The Morgan fingerprint density at radius 1 is 1.35 bits per heavy atom. The summed E-state index contributed by atoms with van der Waals surface area (Å²) < 4.78 is 5.45. The summed E-state index contributed by atoms with van der Waals surface area (Å²) in [7, 11) is 4.11. The van der Waals surface area contributed by atoms with Crippen LogP contribution in [-0.2, 0) is 0 Å². The Labute approximate surface area is 109 Å². The highest BCUT2D eigenvalue weighted by Crippen LogP contribution is 2.30. The van der Waals surface area contributed by atoms with E-state index in [4.69, 9.17) is 16.3 Å². The van der Waals surface area contributed by atoms with E-state index in [9.17, 15) is 0 Å². The minimum atomic E-state index is 0.632. The number of ether oxygens (including phenoxy) is 1. The van der Waals surface area contributed by atoms with Crippen molar-refractivity contribution in [2.45, 2.75) is 13.8 Å². The molecule has 0 atom stereocenters. The summed E-state index contributed by atoms with van der Waals surface area (Å²) in [5.41, 5.74) is 2.22. The number of nitrogens with zero attached hydrogens (tertiary/aromatic N) is 1. The zero-order chi connectivity index (χ0) is 12.8. The van der Waals surface area contributed by atoms with Crippen molar-refractivity contribution in [1.29, 1.82) is 0 Å². The van der Waals surface area contributed by atoms with Crippen LogP contribution in [0.25, 0.3) is 0 Å². The number of anilines is 1. The summed E-state index contributed by atoms with van der Waals surface area (Å²) in [5.74, 6) is 0.754. The lowest BCUT2D eigenvalue weighted by molar-refractivity contribution is 0.340. The van der Waals surface area contributed by atoms with E-state index < -0.39 is 0 Å². The molecule has 1 rings (SSSR count). The van der Waals surface area contributed by atoms with Crippen LogP contribution < -0.4 is 10.1 Å². The number of hydrogen-bond acceptors (Lipinski definition) is 3. The predicted molar refractivity (Wildman–Crippen MR) is 74.4 cm³/mol. The van der Waals surface area contributed by atoms with Gasteiger partial charge in [-0.1, -0.05) is 11.6 Å². The first kappa shape index (κ1) is 14.1. The summed E-state index contributed by atoms with van der Waals surface area (Å²) in [6.07, 6.45) is 0. The standard InChI is InChI=1S/C13H21ClN2O/c1-5-17-13-8-10(2)12(9-11(13)14)15-6-7-16(3)4/h8-9,15H,5-7H2,1-4H3. The van der Waals surface area contributed by atoms with E-state index >= 15 is 0 Å². The molecule has 1 N–H and O–H groups in total. The Morgan fingerprint density at radius 3 is 2.65 bits per heavy atom. The molecule has 3 nitrogen and oxygen atoms in total. The maximum atomic E-state index is 6.15. The third-order valence-corrected chi connectivity index (χ3v) is 2.75. The minimum absolute atomic E-state index is 0.632. The van der Waals surface area contributed by atoms with Gasteiger partial charge in [-0.15, -0.1) is 0 Å². The summed E-state index contributed by atoms with van der Waals surface area (Å²) in [4.78, 5) is 2.14. The van der Waals surface area contributed by atoms with E-state index in [0.717, 1.165) is 30.1 Å². The van der Waals surface area contributed by atoms with Crippen LogP contribution in [0, 0.1) is 6.92 Å². The van der Waals surface area contributed by atoms with E-state index in [0.29, 0.717) is 11.6 Å². The summed E-state index contributed by atoms with van der Waals surface area (Å²) >= 11 is 6.15. The molecule has 1 aromatic carbocycles. The molecule has 0 saturated carbocycles. The van der Waals surface area contributed by atoms with Crippen molar-refractivity contribution in [3.8, 4) is 5.75 Å². The van der Waals surface area contributed by atoms with Crippen LogP contribution in [0.3, 0.4) is 0 Å². The quantitative estimate of drug-likeness (QED) is 0.847. The molecule has 0 aliphatic heterocycles. The SMILES string of the molecule is CCOc1cc(C)c(NCCN(C)C)cc1Cl. The van der Waals surface area contributed by atoms with Gasteiger partial charge in [0.2, 0.25) is 0 Å². The highest BCUT2D eigenvalue weighted by atomic mass is 35.5. The van der Waals surface area contributed by atoms with E-state index in [1.54, 1.807) is 0 Å². The highest BCUT2D eigenvalue weighted by molar-refractivity contribution is 6.32. The molecule has 17 heavy (non-hydrogen) atoms.